The summed E-state index contributed by atoms with van der Waals surface area (Å²) in [6.07, 6.45) is 0.681. The molecule has 0 heterocycles. The van der Waals surface area contributed by atoms with Gasteiger partial charge in [0.1, 0.15) is 0 Å². The lowest BCUT2D eigenvalue weighted by Gasteiger charge is -2.21. The summed E-state index contributed by atoms with van der Waals surface area (Å²) in [7, 11) is 0. The Morgan fingerprint density at radius 2 is 1.94 bits per heavy atom. The van der Waals surface area contributed by atoms with Crippen molar-refractivity contribution < 1.29 is 9.90 Å². The Morgan fingerprint density at radius 1 is 1.38 bits per heavy atom. The third-order valence-corrected chi connectivity index (χ3v) is 2.67. The van der Waals surface area contributed by atoms with Crippen LogP contribution in [-0.4, -0.2) is 16.6 Å². The lowest BCUT2D eigenvalue weighted by atomic mass is 9.90. The van der Waals surface area contributed by atoms with Gasteiger partial charge in [-0.1, -0.05) is 0 Å². The van der Waals surface area contributed by atoms with E-state index in [1.807, 2.05) is 27.7 Å². The minimum absolute atomic E-state index is 0.325. The molecule has 0 aliphatic carbocycles. The van der Waals surface area contributed by atoms with Crippen LogP contribution < -0.4 is 5.73 Å². The molecule has 0 spiro atoms. The van der Waals surface area contributed by atoms with Gasteiger partial charge in [-0.05, 0) is 62.9 Å². The van der Waals surface area contributed by atoms with Crippen molar-refractivity contribution in [3.8, 4) is 0 Å². The zero-order chi connectivity index (χ0) is 12.5. The van der Waals surface area contributed by atoms with Crippen LogP contribution in [0.15, 0.2) is 12.1 Å². The van der Waals surface area contributed by atoms with Gasteiger partial charge in [0.15, 0.2) is 0 Å². The largest absolute Gasteiger partial charge is 0.478 e. The molecule has 16 heavy (non-hydrogen) atoms. The number of nitrogens with two attached hydrogens (primary N) is 1. The van der Waals surface area contributed by atoms with Gasteiger partial charge in [0, 0.05) is 5.54 Å². The van der Waals surface area contributed by atoms with Crippen LogP contribution >= 0.6 is 0 Å². The van der Waals surface area contributed by atoms with E-state index in [-0.39, 0.29) is 5.54 Å². The summed E-state index contributed by atoms with van der Waals surface area (Å²) in [5.74, 6) is -0.890. The van der Waals surface area contributed by atoms with Crippen molar-refractivity contribution in [2.24, 2.45) is 5.73 Å². The summed E-state index contributed by atoms with van der Waals surface area (Å²) in [5, 5.41) is 8.99. The van der Waals surface area contributed by atoms with Crippen molar-refractivity contribution >= 4 is 5.97 Å². The molecular weight excluding hydrogens is 202 g/mol. The van der Waals surface area contributed by atoms with Gasteiger partial charge in [0.2, 0.25) is 0 Å². The van der Waals surface area contributed by atoms with Crippen molar-refractivity contribution in [1.82, 2.24) is 0 Å². The maximum Gasteiger partial charge on any atom is 0.335 e. The molecule has 0 atom stereocenters. The summed E-state index contributed by atoms with van der Waals surface area (Å²) in [6.45, 7) is 7.81. The number of hydrogen-bond donors (Lipinski definition) is 2. The van der Waals surface area contributed by atoms with E-state index in [4.69, 9.17) is 10.8 Å². The molecule has 0 bridgehead atoms. The first kappa shape index (κ1) is 12.7. The molecule has 1 rings (SSSR count). The second-order valence-electron chi connectivity index (χ2n) is 5.05. The summed E-state index contributed by atoms with van der Waals surface area (Å²) in [4.78, 5) is 11.0. The number of hydrogen-bond acceptors (Lipinski definition) is 2. The van der Waals surface area contributed by atoms with Gasteiger partial charge in [0.25, 0.3) is 0 Å². The van der Waals surface area contributed by atoms with Crippen LogP contribution in [0.25, 0.3) is 0 Å². The smallest absolute Gasteiger partial charge is 0.335 e. The van der Waals surface area contributed by atoms with E-state index in [9.17, 15) is 4.79 Å². The van der Waals surface area contributed by atoms with Crippen molar-refractivity contribution in [2.45, 2.75) is 39.7 Å². The number of rotatable bonds is 3. The van der Waals surface area contributed by atoms with E-state index in [1.165, 1.54) is 0 Å². The molecule has 0 amide bonds. The average molecular weight is 221 g/mol. The third-order valence-electron chi connectivity index (χ3n) is 2.67. The van der Waals surface area contributed by atoms with Crippen LogP contribution in [0.1, 0.15) is 40.9 Å². The molecule has 88 valence electrons. The summed E-state index contributed by atoms with van der Waals surface area (Å²) < 4.78 is 0. The maximum absolute atomic E-state index is 11.0. The van der Waals surface area contributed by atoms with Crippen LogP contribution in [0.3, 0.4) is 0 Å². The molecule has 0 radical (unpaired) electrons. The first-order valence-electron chi connectivity index (χ1n) is 5.33. The summed E-state index contributed by atoms with van der Waals surface area (Å²) in [6, 6.07) is 3.42. The van der Waals surface area contributed by atoms with Crippen LogP contribution in [0.5, 0.6) is 0 Å². The molecule has 3 nitrogen and oxygen atoms in total. The quantitative estimate of drug-likeness (QED) is 0.823. The molecule has 1 aromatic rings. The Morgan fingerprint density at radius 3 is 2.38 bits per heavy atom. The monoisotopic (exact) mass is 221 g/mol. The Labute approximate surface area is 96.3 Å². The fourth-order valence-electron chi connectivity index (χ4n) is 1.73. The summed E-state index contributed by atoms with van der Waals surface area (Å²) >= 11 is 0. The Hall–Kier alpha value is -1.35. The number of aromatic carboxylic acids is 1. The van der Waals surface area contributed by atoms with Crippen LogP contribution in [0.4, 0.5) is 0 Å². The molecule has 0 aliphatic heterocycles. The second kappa shape index (κ2) is 4.26. The third kappa shape index (κ3) is 3.07. The van der Waals surface area contributed by atoms with Gasteiger partial charge < -0.3 is 10.8 Å². The molecule has 0 fully saturated rings. The number of carboxylic acids is 1. The molecule has 0 aromatic heterocycles. The van der Waals surface area contributed by atoms with Crippen molar-refractivity contribution in [1.29, 1.82) is 0 Å². The zero-order valence-corrected chi connectivity index (χ0v) is 10.3. The number of carboxylic acid groups (broad SMARTS) is 1. The van der Waals surface area contributed by atoms with Gasteiger partial charge in [-0.3, -0.25) is 0 Å². The maximum atomic E-state index is 11.0. The molecule has 3 N–H and O–H groups in total. The topological polar surface area (TPSA) is 63.3 Å². The standard InChI is InChI=1S/C13H19NO2/c1-8-5-10(12(15)16)6-11(9(8)2)7-13(3,4)14/h5-6H,7,14H2,1-4H3,(H,15,16). The molecular formula is C13H19NO2. The van der Waals surface area contributed by atoms with E-state index in [0.717, 1.165) is 16.7 Å². The molecule has 1 aromatic carbocycles. The van der Waals surface area contributed by atoms with Crippen molar-refractivity contribution in [3.05, 3.63) is 34.4 Å². The fraction of sp³-hybridized carbons (Fsp3) is 0.462. The first-order valence-corrected chi connectivity index (χ1v) is 5.33. The van der Waals surface area contributed by atoms with Gasteiger partial charge in [-0.15, -0.1) is 0 Å². The molecule has 3 heteroatoms. The highest BCUT2D eigenvalue weighted by atomic mass is 16.4. The average Bonchev–Trinajstić information content (AvgIpc) is 2.10. The Kier molecular flexibility index (Phi) is 3.38. The van der Waals surface area contributed by atoms with E-state index in [0.29, 0.717) is 12.0 Å². The van der Waals surface area contributed by atoms with Gasteiger partial charge in [-0.25, -0.2) is 4.79 Å². The van der Waals surface area contributed by atoms with Crippen LogP contribution in [0.2, 0.25) is 0 Å². The minimum Gasteiger partial charge on any atom is -0.478 e. The predicted molar refractivity (Wildman–Crippen MR) is 64.8 cm³/mol. The highest BCUT2D eigenvalue weighted by Gasteiger charge is 2.16. The van der Waals surface area contributed by atoms with Crippen LogP contribution in [-0.2, 0) is 6.42 Å². The number of benzene rings is 1. The fourth-order valence-corrected chi connectivity index (χ4v) is 1.73. The van der Waals surface area contributed by atoms with Crippen molar-refractivity contribution in [2.75, 3.05) is 0 Å². The SMILES string of the molecule is Cc1cc(C(=O)O)cc(CC(C)(C)N)c1C. The lowest BCUT2D eigenvalue weighted by Crippen LogP contribution is -2.34. The highest BCUT2D eigenvalue weighted by Crippen LogP contribution is 2.20. The predicted octanol–water partition coefficient (Wildman–Crippen LogP) is 2.28. The Balaban J connectivity index is 3.22. The van der Waals surface area contributed by atoms with E-state index >= 15 is 0 Å². The second-order valence-corrected chi connectivity index (χ2v) is 5.05. The van der Waals surface area contributed by atoms with E-state index in [2.05, 4.69) is 0 Å². The number of aryl methyl sites for hydroxylation is 1. The van der Waals surface area contributed by atoms with Gasteiger partial charge >= 0.3 is 5.97 Å². The molecule has 0 saturated carbocycles. The van der Waals surface area contributed by atoms with E-state index < -0.39 is 5.97 Å². The molecule has 0 aliphatic rings. The van der Waals surface area contributed by atoms with Crippen molar-refractivity contribution in [3.63, 3.8) is 0 Å². The minimum atomic E-state index is -0.890. The Bertz CT molecular complexity index is 417. The van der Waals surface area contributed by atoms with Crippen LogP contribution in [0, 0.1) is 13.8 Å². The molecule has 0 saturated heterocycles. The zero-order valence-electron chi connectivity index (χ0n) is 10.3. The molecule has 0 unspecified atom stereocenters. The van der Waals surface area contributed by atoms with Gasteiger partial charge in [-0.2, -0.15) is 0 Å². The highest BCUT2D eigenvalue weighted by molar-refractivity contribution is 5.88. The van der Waals surface area contributed by atoms with E-state index in [1.54, 1.807) is 12.1 Å². The summed E-state index contributed by atoms with van der Waals surface area (Å²) in [5.41, 5.74) is 9.12. The first-order chi connectivity index (χ1) is 7.20. The number of carbonyl (C=O) groups is 1. The van der Waals surface area contributed by atoms with Gasteiger partial charge in [0.05, 0.1) is 5.56 Å². The normalized spacial score (nSPS) is 11.6. The lowest BCUT2D eigenvalue weighted by molar-refractivity contribution is 0.0696.